The summed E-state index contributed by atoms with van der Waals surface area (Å²) in [4.78, 5) is 11.5. The van der Waals surface area contributed by atoms with Gasteiger partial charge in [0.05, 0.1) is 12.0 Å². The number of carbonyl (C=O) groups is 1. The van der Waals surface area contributed by atoms with E-state index in [2.05, 4.69) is 6.58 Å². The van der Waals surface area contributed by atoms with Gasteiger partial charge in [-0.2, -0.15) is 0 Å². The zero-order valence-corrected chi connectivity index (χ0v) is 9.80. The van der Waals surface area contributed by atoms with E-state index in [1.54, 1.807) is 0 Å². The summed E-state index contributed by atoms with van der Waals surface area (Å²) in [6.07, 6.45) is -0.329. The molecule has 1 aromatic carbocycles. The summed E-state index contributed by atoms with van der Waals surface area (Å²) in [7, 11) is 0. The molecule has 17 heavy (non-hydrogen) atoms. The van der Waals surface area contributed by atoms with Crippen LogP contribution in [0.3, 0.4) is 0 Å². The van der Waals surface area contributed by atoms with Gasteiger partial charge in [-0.1, -0.05) is 43.8 Å². The number of benzene rings is 1. The largest absolute Gasteiger partial charge is 0.458 e. The zero-order valence-electron chi connectivity index (χ0n) is 9.80. The molecule has 1 aliphatic heterocycles. The van der Waals surface area contributed by atoms with E-state index < -0.39 is 12.1 Å². The van der Waals surface area contributed by atoms with Crippen molar-refractivity contribution in [1.29, 1.82) is 0 Å². The second kappa shape index (κ2) is 4.72. The van der Waals surface area contributed by atoms with Crippen molar-refractivity contribution in [2.24, 2.45) is 5.92 Å². The molecule has 1 saturated heterocycles. The molecule has 1 fully saturated rings. The van der Waals surface area contributed by atoms with Crippen LogP contribution in [0.2, 0.25) is 0 Å². The van der Waals surface area contributed by atoms with Crippen LogP contribution in [0, 0.1) is 5.92 Å². The third-order valence-electron chi connectivity index (χ3n) is 3.21. The molecule has 1 heterocycles. The normalized spacial score (nSPS) is 25.8. The highest BCUT2D eigenvalue weighted by atomic mass is 16.6. The number of cyclic esters (lactones) is 1. The smallest absolute Gasteiger partial charge is 0.334 e. The maximum atomic E-state index is 11.5. The van der Waals surface area contributed by atoms with Crippen LogP contribution in [-0.2, 0) is 9.53 Å². The van der Waals surface area contributed by atoms with Crippen molar-refractivity contribution in [2.75, 3.05) is 0 Å². The van der Waals surface area contributed by atoms with E-state index in [9.17, 15) is 9.90 Å². The quantitative estimate of drug-likeness (QED) is 0.642. The summed E-state index contributed by atoms with van der Waals surface area (Å²) >= 11 is 0. The van der Waals surface area contributed by atoms with Crippen molar-refractivity contribution >= 4 is 5.97 Å². The number of aliphatic hydroxyl groups excluding tert-OH is 1. The fourth-order valence-electron chi connectivity index (χ4n) is 2.24. The Labute approximate surface area is 101 Å². The molecule has 0 unspecified atom stereocenters. The molecular weight excluding hydrogens is 216 g/mol. The van der Waals surface area contributed by atoms with Crippen molar-refractivity contribution in [2.45, 2.75) is 25.6 Å². The minimum Gasteiger partial charge on any atom is -0.458 e. The summed E-state index contributed by atoms with van der Waals surface area (Å²) in [6.45, 7) is 5.66. The molecule has 90 valence electrons. The highest BCUT2D eigenvalue weighted by molar-refractivity contribution is 5.91. The zero-order chi connectivity index (χ0) is 12.4. The Balaban J connectivity index is 2.27. The van der Waals surface area contributed by atoms with Crippen LogP contribution in [-0.4, -0.2) is 17.2 Å². The predicted octanol–water partition coefficient (Wildman–Crippen LogP) is 2.23. The minimum atomic E-state index is -0.736. The van der Waals surface area contributed by atoms with Gasteiger partial charge in [-0.05, 0) is 12.0 Å². The van der Waals surface area contributed by atoms with Gasteiger partial charge in [0.1, 0.15) is 6.10 Å². The lowest BCUT2D eigenvalue weighted by atomic mass is 9.86. The van der Waals surface area contributed by atoms with E-state index in [1.165, 1.54) is 0 Å². The van der Waals surface area contributed by atoms with Crippen LogP contribution in [0.25, 0.3) is 0 Å². The predicted molar refractivity (Wildman–Crippen MR) is 64.2 cm³/mol. The Morgan fingerprint density at radius 1 is 1.41 bits per heavy atom. The average Bonchev–Trinajstić information content (AvgIpc) is 2.65. The molecule has 0 bridgehead atoms. The van der Waals surface area contributed by atoms with E-state index in [0.29, 0.717) is 12.0 Å². The molecule has 0 radical (unpaired) electrons. The van der Waals surface area contributed by atoms with E-state index in [-0.39, 0.29) is 12.0 Å². The van der Waals surface area contributed by atoms with Crippen molar-refractivity contribution in [3.63, 3.8) is 0 Å². The van der Waals surface area contributed by atoms with Gasteiger partial charge in [0.15, 0.2) is 0 Å². The fourth-order valence-corrected chi connectivity index (χ4v) is 2.24. The molecule has 0 saturated carbocycles. The summed E-state index contributed by atoms with van der Waals surface area (Å²) in [6, 6.07) is 9.29. The van der Waals surface area contributed by atoms with Crippen LogP contribution >= 0.6 is 0 Å². The maximum Gasteiger partial charge on any atom is 0.334 e. The van der Waals surface area contributed by atoms with Crippen LogP contribution in [0.4, 0.5) is 0 Å². The van der Waals surface area contributed by atoms with Gasteiger partial charge in [-0.3, -0.25) is 0 Å². The number of rotatable bonds is 3. The molecule has 0 amide bonds. The Morgan fingerprint density at radius 3 is 2.65 bits per heavy atom. The van der Waals surface area contributed by atoms with Crippen molar-refractivity contribution < 1.29 is 14.6 Å². The maximum absolute atomic E-state index is 11.5. The van der Waals surface area contributed by atoms with Crippen LogP contribution in [0.15, 0.2) is 42.5 Å². The Morgan fingerprint density at radius 2 is 2.06 bits per heavy atom. The number of aliphatic hydroxyl groups is 1. The summed E-state index contributed by atoms with van der Waals surface area (Å²) in [5.41, 5.74) is 1.16. The Bertz CT molecular complexity index is 424. The molecule has 0 aromatic heterocycles. The van der Waals surface area contributed by atoms with Crippen LogP contribution in [0.1, 0.15) is 25.0 Å². The fraction of sp³-hybridized carbons (Fsp3) is 0.357. The number of esters is 1. The second-order valence-electron chi connectivity index (χ2n) is 4.26. The van der Waals surface area contributed by atoms with Gasteiger partial charge in [-0.15, -0.1) is 0 Å². The first-order valence-corrected chi connectivity index (χ1v) is 5.78. The first-order valence-electron chi connectivity index (χ1n) is 5.78. The molecular formula is C14H16O3. The lowest BCUT2D eigenvalue weighted by Gasteiger charge is -2.22. The first kappa shape index (κ1) is 11.9. The third kappa shape index (κ3) is 2.11. The second-order valence-corrected chi connectivity index (χ2v) is 4.26. The standard InChI is InChI=1S/C14H16O3/c1-3-11-12(9(2)14(16)17-11)13(15)10-7-5-4-6-8-10/h4-8,11-13,15H,2-3H2,1H3/t11-,12+,13+/m1/s1. The molecule has 3 atom stereocenters. The Kier molecular flexibility index (Phi) is 3.29. The van der Waals surface area contributed by atoms with Crippen molar-refractivity contribution in [3.05, 3.63) is 48.0 Å². The highest BCUT2D eigenvalue weighted by Crippen LogP contribution is 2.38. The first-order chi connectivity index (χ1) is 8.15. The lowest BCUT2D eigenvalue weighted by molar-refractivity contribution is -0.139. The van der Waals surface area contributed by atoms with Gasteiger partial charge in [-0.25, -0.2) is 4.79 Å². The lowest BCUT2D eigenvalue weighted by Crippen LogP contribution is -2.22. The van der Waals surface area contributed by atoms with Gasteiger partial charge in [0.2, 0.25) is 0 Å². The highest BCUT2D eigenvalue weighted by Gasteiger charge is 2.42. The summed E-state index contributed by atoms with van der Waals surface area (Å²) in [5.74, 6) is -0.730. The molecule has 1 aromatic rings. The van der Waals surface area contributed by atoms with Gasteiger partial charge in [0.25, 0.3) is 0 Å². The number of ether oxygens (including phenoxy) is 1. The van der Waals surface area contributed by atoms with Gasteiger partial charge in [0, 0.05) is 5.57 Å². The van der Waals surface area contributed by atoms with Crippen molar-refractivity contribution in [3.8, 4) is 0 Å². The summed E-state index contributed by atoms with van der Waals surface area (Å²) in [5, 5.41) is 10.3. The number of hydrogen-bond donors (Lipinski definition) is 1. The molecule has 0 spiro atoms. The van der Waals surface area contributed by atoms with Crippen LogP contribution < -0.4 is 0 Å². The minimum absolute atomic E-state index is 0.273. The molecule has 3 heteroatoms. The average molecular weight is 232 g/mol. The SMILES string of the molecule is C=C1C(=O)O[C@H](CC)[C@H]1[C@@H](O)c1ccccc1. The van der Waals surface area contributed by atoms with Gasteiger partial charge < -0.3 is 9.84 Å². The molecule has 1 N–H and O–H groups in total. The van der Waals surface area contributed by atoms with Crippen LogP contribution in [0.5, 0.6) is 0 Å². The Hall–Kier alpha value is -1.61. The van der Waals surface area contributed by atoms with Crippen molar-refractivity contribution in [1.82, 2.24) is 0 Å². The van der Waals surface area contributed by atoms with E-state index in [4.69, 9.17) is 4.74 Å². The van der Waals surface area contributed by atoms with E-state index in [0.717, 1.165) is 5.56 Å². The summed E-state index contributed by atoms with van der Waals surface area (Å²) < 4.78 is 5.18. The van der Waals surface area contributed by atoms with E-state index in [1.807, 2.05) is 37.3 Å². The third-order valence-corrected chi connectivity index (χ3v) is 3.21. The number of hydrogen-bond acceptors (Lipinski definition) is 3. The molecule has 1 aliphatic rings. The molecule has 2 rings (SSSR count). The van der Waals surface area contributed by atoms with Gasteiger partial charge >= 0.3 is 5.97 Å². The topological polar surface area (TPSA) is 46.5 Å². The molecule has 3 nitrogen and oxygen atoms in total. The molecule has 0 aliphatic carbocycles. The monoisotopic (exact) mass is 232 g/mol. The number of carbonyl (C=O) groups excluding carboxylic acids is 1. The van der Waals surface area contributed by atoms with E-state index >= 15 is 0 Å².